The molecule has 4 atom stereocenters. The highest BCUT2D eigenvalue weighted by Gasteiger charge is 2.41. The molecule has 83 heavy (non-hydrogen) atoms. The van der Waals surface area contributed by atoms with Gasteiger partial charge in [-0.15, -0.1) is 0 Å². The van der Waals surface area contributed by atoms with Gasteiger partial charge in [-0.2, -0.15) is 13.2 Å². The third kappa shape index (κ3) is 14.8. The first-order chi connectivity index (χ1) is 39.5. The van der Waals surface area contributed by atoms with Crippen LogP contribution in [0.4, 0.5) is 13.2 Å². The van der Waals surface area contributed by atoms with Crippen LogP contribution < -0.4 is 26.7 Å². The Morgan fingerprint density at radius 3 is 2.17 bits per heavy atom. The van der Waals surface area contributed by atoms with Crippen molar-refractivity contribution in [2.24, 2.45) is 0 Å². The molecule has 0 bridgehead atoms. The lowest BCUT2D eigenvalue weighted by molar-refractivity contribution is -0.144. The van der Waals surface area contributed by atoms with Gasteiger partial charge in [0.15, 0.2) is 11.2 Å². The van der Waals surface area contributed by atoms with E-state index >= 15 is 0 Å². The Bertz CT molecular complexity index is 3750. The number of ketones is 2. The van der Waals surface area contributed by atoms with Crippen molar-refractivity contribution in [1.29, 1.82) is 0 Å². The number of phenols is 1. The molecule has 25 heteroatoms. The van der Waals surface area contributed by atoms with E-state index in [9.17, 15) is 71.3 Å². The second-order valence-electron chi connectivity index (χ2n) is 18.9. The van der Waals surface area contributed by atoms with Crippen molar-refractivity contribution >= 4 is 74.9 Å². The number of halogens is 3. The van der Waals surface area contributed by atoms with Gasteiger partial charge in [-0.1, -0.05) is 30.3 Å². The van der Waals surface area contributed by atoms with Gasteiger partial charge in [0.1, 0.15) is 59.4 Å². The van der Waals surface area contributed by atoms with Crippen molar-refractivity contribution in [3.8, 4) is 28.2 Å². The van der Waals surface area contributed by atoms with Crippen LogP contribution in [-0.2, 0) is 51.1 Å². The Morgan fingerprint density at radius 1 is 0.819 bits per heavy atom. The van der Waals surface area contributed by atoms with Crippen molar-refractivity contribution in [3.05, 3.63) is 154 Å². The predicted octanol–water partition coefficient (Wildman–Crippen LogP) is 5.89. The molecule has 4 amide bonds. The zero-order chi connectivity index (χ0) is 60.3. The number of alkyl halides is 3. The number of aromatic carboxylic acids is 1. The predicted molar refractivity (Wildman–Crippen MR) is 291 cm³/mol. The molecule has 1 aliphatic heterocycles. The maximum absolute atomic E-state index is 14.8. The minimum absolute atomic E-state index is 0.0159. The highest BCUT2D eigenvalue weighted by Crippen LogP contribution is 2.42. The van der Waals surface area contributed by atoms with E-state index in [-0.39, 0.29) is 74.3 Å². The zero-order valence-corrected chi connectivity index (χ0v) is 44.8. The highest BCUT2D eigenvalue weighted by atomic mass is 19.4. The van der Waals surface area contributed by atoms with Gasteiger partial charge in [-0.05, 0) is 92.9 Å². The number of hydrogen-bond acceptors (Lipinski definition) is 15. The third-order valence-corrected chi connectivity index (χ3v) is 13.1. The van der Waals surface area contributed by atoms with Crippen LogP contribution >= 0.6 is 0 Å². The number of nitrogens with one attached hydrogen (secondary N) is 5. The number of allylic oxidation sites excluding steroid dienone is 3. The van der Waals surface area contributed by atoms with E-state index in [2.05, 4.69) is 31.2 Å². The molecule has 4 unspecified atom stereocenters. The van der Waals surface area contributed by atoms with Crippen molar-refractivity contribution in [3.63, 3.8) is 0 Å². The number of methoxy groups -OCH3 is 1. The van der Waals surface area contributed by atoms with Crippen LogP contribution in [0.25, 0.3) is 44.3 Å². The summed E-state index contributed by atoms with van der Waals surface area (Å²) in [6.45, 7) is 3.94. The Kier molecular flexibility index (Phi) is 19.2. The first-order valence-electron chi connectivity index (χ1n) is 25.5. The topological polar surface area (TPSA) is 324 Å². The molecule has 7 rings (SSSR count). The van der Waals surface area contributed by atoms with Crippen molar-refractivity contribution in [2.75, 3.05) is 13.7 Å². The number of fused-ring (bicyclic) bond motifs is 3. The maximum atomic E-state index is 14.8. The van der Waals surface area contributed by atoms with Gasteiger partial charge >= 0.3 is 24.0 Å². The smallest absolute Gasteiger partial charge is 0.472 e. The third-order valence-electron chi connectivity index (χ3n) is 13.1. The summed E-state index contributed by atoms with van der Waals surface area (Å²) >= 11 is 0. The fraction of sp³-hybridized carbons (Fsp3) is 0.259. The number of H-pyrrole nitrogens is 1. The molecule has 0 saturated carbocycles. The van der Waals surface area contributed by atoms with Crippen LogP contribution in [0.1, 0.15) is 76.8 Å². The Labute approximate surface area is 469 Å². The number of carboxylic acids is 1. The maximum Gasteiger partial charge on any atom is 0.472 e. The summed E-state index contributed by atoms with van der Waals surface area (Å²) in [5.41, 5.74) is -0.743. The number of carbonyl (C=O) groups excluding carboxylic acids is 8. The van der Waals surface area contributed by atoms with Gasteiger partial charge in [-0.25, -0.2) is 9.78 Å². The Morgan fingerprint density at radius 2 is 1.51 bits per heavy atom. The summed E-state index contributed by atoms with van der Waals surface area (Å²) in [6, 6.07) is 9.88. The number of nitrogens with zero attached hydrogens (tertiary/aromatic N) is 2. The van der Waals surface area contributed by atoms with Crippen LogP contribution in [0, 0.1) is 0 Å². The number of amides is 4. The number of aromatic amines is 1. The van der Waals surface area contributed by atoms with E-state index in [1.54, 1.807) is 32.1 Å². The van der Waals surface area contributed by atoms with E-state index in [0.29, 0.717) is 15.7 Å². The number of carbonyl (C=O) groups is 9. The fourth-order valence-electron chi connectivity index (χ4n) is 9.02. The first kappa shape index (κ1) is 60.4. The van der Waals surface area contributed by atoms with Crippen molar-refractivity contribution in [1.82, 2.24) is 35.8 Å². The second-order valence-corrected chi connectivity index (χ2v) is 18.9. The number of carboxylic acid groups (broad SMARTS) is 1. The van der Waals surface area contributed by atoms with Gasteiger partial charge in [0.25, 0.3) is 5.91 Å². The molecule has 0 spiro atoms. The van der Waals surface area contributed by atoms with E-state index in [1.165, 1.54) is 86.2 Å². The summed E-state index contributed by atoms with van der Waals surface area (Å²) in [4.78, 5) is 142. The number of benzene rings is 4. The minimum atomic E-state index is -5.37. The summed E-state index contributed by atoms with van der Waals surface area (Å²) in [7, 11) is 1.06. The number of Topliss-reactive ketones (excluding diaryl/α,β-unsaturated/α-hetero) is 2. The molecule has 2 aromatic heterocycles. The van der Waals surface area contributed by atoms with E-state index in [4.69, 9.17) is 13.9 Å². The number of para-hydroxylation sites is 1. The molecule has 3 aromatic carbocycles. The number of rotatable bonds is 24. The van der Waals surface area contributed by atoms with Gasteiger partial charge in [0, 0.05) is 76.9 Å². The monoisotopic (exact) mass is 1150 g/mol. The lowest BCUT2D eigenvalue weighted by Crippen LogP contribution is -2.58. The molecule has 0 radical (unpaired) electrons. The summed E-state index contributed by atoms with van der Waals surface area (Å²) in [5.74, 6) is -10.3. The van der Waals surface area contributed by atoms with Gasteiger partial charge in [-0.3, -0.25) is 42.9 Å². The molecular weight excluding hydrogens is 1090 g/mol. The average molecular weight is 1150 g/mol. The van der Waals surface area contributed by atoms with Crippen LogP contribution in [-0.4, -0.2) is 122 Å². The highest BCUT2D eigenvalue weighted by molar-refractivity contribution is 6.10. The molecule has 7 N–H and O–H groups in total. The molecular formula is C58H54F3N7O15. The Balaban J connectivity index is 1.25. The standard InChI is InChI=1S/C58H54F3N7O15/c1-5-9-36(6-2)82-28-47(72)43(25-50(73)81-4)65-55(77)45(22-33-26-62-29-63-33)67-53(75)42(19-12-30(3)69)64-54(76)44(21-32-27-68(57(80)58(59,60)61)46-11-8-7-10-37(32)46)66-52(74)31-13-16-38(41(20-31)56(78)79)51-39-17-14-34(70)23-48(39)83-49-24-35(71)15-18-40(49)51/h5-11,13-18,20,23-24,26-27,29,42-45,70H,12,19,21-22,25,28H2,1-4H3,(H,62,63)(H,64,76)(H,65,77)(H,66,74)(H,67,75)(H,78,79)/b9-5-,36-6+. The number of aromatic hydroxyl groups is 1. The number of hydrogen-bond donors (Lipinski definition) is 7. The molecule has 1 aliphatic carbocycles. The average Bonchev–Trinajstić information content (AvgIpc) is 4.18. The minimum Gasteiger partial charge on any atom is -0.508 e. The summed E-state index contributed by atoms with van der Waals surface area (Å²) in [6.07, 6.45) is 0.352. The molecule has 432 valence electrons. The second kappa shape index (κ2) is 26.4. The summed E-state index contributed by atoms with van der Waals surface area (Å²) in [5, 5.41) is 31.2. The number of imidazole rings is 1. The van der Waals surface area contributed by atoms with Crippen LogP contribution in [0.15, 0.2) is 131 Å². The first-order valence-corrected chi connectivity index (χ1v) is 25.5. The van der Waals surface area contributed by atoms with Gasteiger partial charge < -0.3 is 55.1 Å². The van der Waals surface area contributed by atoms with Gasteiger partial charge in [0.05, 0.1) is 30.9 Å². The van der Waals surface area contributed by atoms with Crippen LogP contribution in [0.5, 0.6) is 5.75 Å². The SMILES string of the molecule is C/C=C\C(=C/C)OCC(=O)C(CC(=O)OC)NC(=O)C(Cc1cnc[nH]1)NC(=O)C(CCC(C)=O)NC(=O)C(Cc1cn(C(=O)C(F)(F)F)c2ccccc12)NC(=O)c1ccc(-c2c3ccc(=O)cc-3oc3cc(O)ccc23)c(C(=O)O)c1. The molecule has 3 heterocycles. The molecule has 5 aromatic rings. The number of ether oxygens (including phenoxy) is 2. The molecule has 22 nitrogen and oxygen atoms in total. The molecule has 0 saturated heterocycles. The van der Waals surface area contributed by atoms with Crippen molar-refractivity contribution in [2.45, 2.75) is 83.2 Å². The van der Waals surface area contributed by atoms with Crippen LogP contribution in [0.2, 0.25) is 0 Å². The summed E-state index contributed by atoms with van der Waals surface area (Å²) < 4.78 is 58.5. The van der Waals surface area contributed by atoms with E-state index in [0.717, 1.165) is 25.4 Å². The van der Waals surface area contributed by atoms with Gasteiger partial charge in [0.2, 0.25) is 17.7 Å². The zero-order valence-electron chi connectivity index (χ0n) is 44.8. The number of phenolic OH excluding ortho intramolecular Hbond substituents is 1. The lowest BCUT2D eigenvalue weighted by atomic mass is 9.89. The molecule has 0 fully saturated rings. The largest absolute Gasteiger partial charge is 0.508 e. The number of esters is 1. The fourth-order valence-corrected chi connectivity index (χ4v) is 9.02. The van der Waals surface area contributed by atoms with E-state index < -0.39 is 120 Å². The van der Waals surface area contributed by atoms with Crippen LogP contribution in [0.3, 0.4) is 0 Å². The normalized spacial score (nSPS) is 13.2. The van der Waals surface area contributed by atoms with Crippen molar-refractivity contribution < 1.29 is 80.4 Å². The lowest BCUT2D eigenvalue weighted by Gasteiger charge is -2.26. The molecule has 2 aliphatic rings. The van der Waals surface area contributed by atoms with E-state index in [1.807, 2.05) is 0 Å². The number of aromatic nitrogens is 3. The quantitative estimate of drug-likeness (QED) is 0.0161. The Hall–Kier alpha value is -10.2.